The molecule has 93 heavy (non-hydrogen) atoms. The predicted molar refractivity (Wildman–Crippen MR) is 365 cm³/mol. The highest BCUT2D eigenvalue weighted by Gasteiger charge is 2.48. The van der Waals surface area contributed by atoms with Gasteiger partial charge in [-0.25, -0.2) is 0 Å². The third-order valence-corrected chi connectivity index (χ3v) is 22.3. The first-order valence-electron chi connectivity index (χ1n) is 34.3. The van der Waals surface area contributed by atoms with Gasteiger partial charge in [-0.2, -0.15) is 0 Å². The van der Waals surface area contributed by atoms with Gasteiger partial charge in [0, 0.05) is 104 Å². The molecule has 10 rings (SSSR count). The van der Waals surface area contributed by atoms with Crippen LogP contribution in [-0.4, -0.2) is 85.5 Å². The van der Waals surface area contributed by atoms with Crippen LogP contribution >= 0.6 is 0 Å². The minimum atomic E-state index is -0.457. The second-order valence-electron chi connectivity index (χ2n) is 29.2. The zero-order valence-electron chi connectivity index (χ0n) is 57.7. The van der Waals surface area contributed by atoms with Crippen LogP contribution in [0, 0.1) is 44.9 Å². The lowest BCUT2D eigenvalue weighted by Crippen LogP contribution is -2.41. The second-order valence-corrected chi connectivity index (χ2v) is 29.2. The molecule has 6 aromatic rings. The summed E-state index contributed by atoms with van der Waals surface area (Å²) in [6, 6.07) is 25.8. The molecular formula is C80H106O13. The maximum absolute atomic E-state index is 12.0. The third kappa shape index (κ3) is 14.2. The molecule has 504 valence electrons. The molecule has 2 atom stereocenters. The Labute approximate surface area is 553 Å². The summed E-state index contributed by atoms with van der Waals surface area (Å²) in [6.07, 6.45) is 13.3. The number of ether oxygens (including phenoxy) is 7. The highest BCUT2D eigenvalue weighted by molar-refractivity contribution is 5.57. The molecular weight excluding hydrogens is 1170 g/mol. The molecule has 0 aromatic heterocycles. The van der Waals surface area contributed by atoms with E-state index in [0.29, 0.717) is 57.1 Å². The standard InChI is InChI=1S/C80H106O13/c1-49(2)69-37-67(34-60(46-90-12)75(69)85)79(23-25-91-26-24-79)68-36-62(76(86)70(38-68)50(3)4)48-92-41-55-15-13-17-77(39-55)19-21-78(22-20-77,63-27-51(5)71(81)57(31-63)43-87-9)64-28-52(6)74(84)61(35-64)47-93-42-56-16-14-18-80(40-56,65-29-53(7)72(82)58(32-65)44-88-10)66-30-54(8)73(83)59(33-66)45-89-11/h27-38,49-50,55-56,81-86H,13-26,39-48H2,1-12H3. The van der Waals surface area contributed by atoms with Crippen molar-refractivity contribution in [2.45, 2.75) is 213 Å². The Balaban J connectivity index is 0.895. The van der Waals surface area contributed by atoms with E-state index in [4.69, 9.17) is 33.2 Å². The van der Waals surface area contributed by atoms with Crippen LogP contribution in [0.2, 0.25) is 0 Å². The van der Waals surface area contributed by atoms with Gasteiger partial charge in [-0.3, -0.25) is 0 Å². The number of methoxy groups -OCH3 is 4. The number of aromatic hydroxyl groups is 6. The monoisotopic (exact) mass is 1270 g/mol. The van der Waals surface area contributed by atoms with Crippen LogP contribution in [0.15, 0.2) is 72.8 Å². The lowest BCUT2D eigenvalue weighted by Gasteiger charge is -2.51. The van der Waals surface area contributed by atoms with Gasteiger partial charge >= 0.3 is 0 Å². The summed E-state index contributed by atoms with van der Waals surface area (Å²) >= 11 is 0. The fourth-order valence-corrected chi connectivity index (χ4v) is 17.2. The first-order chi connectivity index (χ1) is 44.5. The van der Waals surface area contributed by atoms with Gasteiger partial charge < -0.3 is 63.8 Å². The van der Waals surface area contributed by atoms with Gasteiger partial charge in [-0.15, -0.1) is 0 Å². The number of hydrogen-bond acceptors (Lipinski definition) is 13. The van der Waals surface area contributed by atoms with E-state index in [1.54, 1.807) is 28.4 Å². The second kappa shape index (κ2) is 29.5. The van der Waals surface area contributed by atoms with Crippen molar-refractivity contribution >= 4 is 0 Å². The fraction of sp³-hybridized carbons (Fsp3) is 0.550. The molecule has 0 amide bonds. The summed E-state index contributed by atoms with van der Waals surface area (Å²) in [7, 11) is 6.62. The summed E-state index contributed by atoms with van der Waals surface area (Å²) < 4.78 is 42.2. The summed E-state index contributed by atoms with van der Waals surface area (Å²) in [4.78, 5) is 0. The van der Waals surface area contributed by atoms with Gasteiger partial charge in [0.05, 0.1) is 39.6 Å². The van der Waals surface area contributed by atoms with E-state index in [1.165, 1.54) is 0 Å². The predicted octanol–water partition coefficient (Wildman–Crippen LogP) is 17.0. The summed E-state index contributed by atoms with van der Waals surface area (Å²) in [5.41, 5.74) is 15.1. The largest absolute Gasteiger partial charge is 0.507 e. The molecule has 1 heterocycles. The van der Waals surface area contributed by atoms with E-state index in [-0.39, 0.29) is 72.6 Å². The van der Waals surface area contributed by atoms with Crippen molar-refractivity contribution in [3.05, 3.63) is 173 Å². The molecule has 1 aliphatic heterocycles. The SMILES string of the molecule is COCc1cc(C2(c3cc(C)c(O)c(COCC4CCCC(c5cc(C)c(O)c(COC)c5)(c5cc(C)c(O)c(COC)c5)C4)c3)CCC3(CCCC(COCc4cc(C5(c6cc(COC)c(O)c(C(C)C)c6)CCOCC5)cc(C(C)C)c4O)C3)CC2)cc(C)c1O. The summed E-state index contributed by atoms with van der Waals surface area (Å²) in [6.45, 7) is 20.3. The molecule has 3 aliphatic carbocycles. The molecule has 6 aromatic carbocycles. The minimum absolute atomic E-state index is 0.0714. The maximum atomic E-state index is 12.0. The summed E-state index contributed by atoms with van der Waals surface area (Å²) in [5.74, 6) is 2.25. The average Bonchev–Trinajstić information content (AvgIpc) is 0.774. The lowest BCUT2D eigenvalue weighted by molar-refractivity contribution is 0.0136. The Morgan fingerprint density at radius 1 is 0.376 bits per heavy atom. The van der Waals surface area contributed by atoms with Crippen molar-refractivity contribution < 1.29 is 63.8 Å². The molecule has 13 nitrogen and oxygen atoms in total. The van der Waals surface area contributed by atoms with Crippen LogP contribution in [0.4, 0.5) is 0 Å². The summed E-state index contributed by atoms with van der Waals surface area (Å²) in [5, 5.41) is 69.3. The van der Waals surface area contributed by atoms with Crippen LogP contribution in [0.1, 0.15) is 230 Å². The Hall–Kier alpha value is -6.16. The van der Waals surface area contributed by atoms with E-state index in [2.05, 4.69) is 100 Å². The van der Waals surface area contributed by atoms with E-state index in [1.807, 2.05) is 27.7 Å². The molecule has 0 radical (unpaired) electrons. The molecule has 2 unspecified atom stereocenters. The molecule has 4 aliphatic rings. The van der Waals surface area contributed by atoms with E-state index in [0.717, 1.165) is 190 Å². The molecule has 1 spiro atoms. The number of phenolic OH excluding ortho intramolecular Hbond substituents is 6. The van der Waals surface area contributed by atoms with Crippen molar-refractivity contribution in [3.63, 3.8) is 0 Å². The zero-order chi connectivity index (χ0) is 66.6. The Kier molecular flexibility index (Phi) is 22.1. The molecule has 0 bridgehead atoms. The molecule has 13 heteroatoms. The van der Waals surface area contributed by atoms with E-state index >= 15 is 0 Å². The molecule has 3 saturated carbocycles. The normalized spacial score (nSPS) is 21.5. The zero-order valence-corrected chi connectivity index (χ0v) is 57.7. The van der Waals surface area contributed by atoms with Crippen LogP contribution in [0.3, 0.4) is 0 Å². The quantitative estimate of drug-likeness (QED) is 0.0337. The van der Waals surface area contributed by atoms with Gasteiger partial charge in [0.15, 0.2) is 0 Å². The highest BCUT2D eigenvalue weighted by atomic mass is 16.5. The van der Waals surface area contributed by atoms with Gasteiger partial charge in [0.1, 0.15) is 34.5 Å². The maximum Gasteiger partial charge on any atom is 0.124 e. The number of phenols is 6. The minimum Gasteiger partial charge on any atom is -0.507 e. The van der Waals surface area contributed by atoms with Gasteiger partial charge in [-0.1, -0.05) is 76.9 Å². The van der Waals surface area contributed by atoms with Gasteiger partial charge in [0.2, 0.25) is 0 Å². The topological polar surface area (TPSA) is 186 Å². The van der Waals surface area contributed by atoms with Crippen molar-refractivity contribution in [3.8, 4) is 34.5 Å². The van der Waals surface area contributed by atoms with Crippen molar-refractivity contribution in [2.75, 3.05) is 54.9 Å². The van der Waals surface area contributed by atoms with Crippen molar-refractivity contribution in [1.82, 2.24) is 0 Å². The smallest absolute Gasteiger partial charge is 0.124 e. The van der Waals surface area contributed by atoms with Crippen LogP contribution in [-0.2, 0) is 89.0 Å². The fourth-order valence-electron chi connectivity index (χ4n) is 17.2. The first kappa shape index (κ1) is 69.7. The van der Waals surface area contributed by atoms with Crippen LogP contribution in [0.5, 0.6) is 34.5 Å². The Morgan fingerprint density at radius 3 is 1.09 bits per heavy atom. The van der Waals surface area contributed by atoms with E-state index < -0.39 is 16.2 Å². The van der Waals surface area contributed by atoms with Crippen molar-refractivity contribution in [2.24, 2.45) is 17.3 Å². The number of rotatable bonds is 24. The highest BCUT2D eigenvalue weighted by Crippen LogP contribution is 2.58. The average molecular weight is 1280 g/mol. The van der Waals surface area contributed by atoms with E-state index in [9.17, 15) is 30.6 Å². The molecule has 4 fully saturated rings. The van der Waals surface area contributed by atoms with Crippen LogP contribution < -0.4 is 0 Å². The number of benzene rings is 6. The third-order valence-electron chi connectivity index (χ3n) is 22.3. The van der Waals surface area contributed by atoms with Gasteiger partial charge in [0.25, 0.3) is 0 Å². The molecule has 1 saturated heterocycles. The van der Waals surface area contributed by atoms with Crippen molar-refractivity contribution in [1.29, 1.82) is 0 Å². The van der Waals surface area contributed by atoms with Crippen LogP contribution in [0.25, 0.3) is 0 Å². The Bertz CT molecular complexity index is 3520. The number of hydrogen-bond donors (Lipinski definition) is 6. The Morgan fingerprint density at radius 2 is 0.699 bits per heavy atom. The van der Waals surface area contributed by atoms with Gasteiger partial charge in [-0.05, 0) is 237 Å². The first-order valence-corrected chi connectivity index (χ1v) is 34.3. The number of aryl methyl sites for hydroxylation is 4. The molecule has 6 N–H and O–H groups in total. The lowest BCUT2D eigenvalue weighted by atomic mass is 9.54.